The van der Waals surface area contributed by atoms with Crippen LogP contribution in [0, 0.1) is 0 Å². The van der Waals surface area contributed by atoms with Crippen molar-refractivity contribution in [3.8, 4) is 0 Å². The van der Waals surface area contributed by atoms with Crippen LogP contribution >= 0.6 is 11.8 Å². The fourth-order valence-corrected chi connectivity index (χ4v) is 4.02. The van der Waals surface area contributed by atoms with Gasteiger partial charge in [0.2, 0.25) is 0 Å². The summed E-state index contributed by atoms with van der Waals surface area (Å²) in [7, 11) is 0. The summed E-state index contributed by atoms with van der Waals surface area (Å²) in [6, 6.07) is 0.235. The molecule has 0 heterocycles. The second kappa shape index (κ2) is 9.11. The molecule has 1 nitrogen and oxygen atoms in total. The second-order valence-electron chi connectivity index (χ2n) is 5.36. The van der Waals surface area contributed by atoms with Crippen LogP contribution < -0.4 is 5.32 Å². The first-order valence-corrected chi connectivity index (χ1v) is 8.48. The first kappa shape index (κ1) is 17.2. The van der Waals surface area contributed by atoms with Gasteiger partial charge in [-0.25, -0.2) is 0 Å². The smallest absolute Gasteiger partial charge is 0.313 e. The van der Waals surface area contributed by atoms with Gasteiger partial charge in [-0.1, -0.05) is 26.2 Å². The molecule has 1 aliphatic carbocycles. The fourth-order valence-electron chi connectivity index (χ4n) is 2.57. The summed E-state index contributed by atoms with van der Waals surface area (Å²) in [5.41, 5.74) is 0. The number of rotatable bonds is 8. The van der Waals surface area contributed by atoms with E-state index in [1.54, 1.807) is 0 Å². The van der Waals surface area contributed by atoms with Gasteiger partial charge in [0, 0.05) is 23.5 Å². The molecule has 1 rings (SSSR count). The molecule has 1 fully saturated rings. The number of hydrogen-bond donors (Lipinski definition) is 1. The molecule has 0 aromatic carbocycles. The molecule has 0 aromatic rings. The van der Waals surface area contributed by atoms with Crippen LogP contribution in [0.15, 0.2) is 0 Å². The Hall–Kier alpha value is 0.100. The van der Waals surface area contributed by atoms with Crippen LogP contribution in [0.2, 0.25) is 0 Å². The normalized spacial score (nSPS) is 19.6. The number of thioether (sulfide) groups is 1. The Bertz CT molecular complexity index is 227. The van der Waals surface area contributed by atoms with Crippen molar-refractivity contribution < 1.29 is 13.2 Å². The predicted molar refractivity (Wildman–Crippen MR) is 76.7 cm³/mol. The summed E-state index contributed by atoms with van der Waals surface area (Å²) in [5.74, 6) is 0.955. The summed E-state index contributed by atoms with van der Waals surface area (Å²) in [6.45, 7) is 2.85. The van der Waals surface area contributed by atoms with E-state index in [0.717, 1.165) is 17.5 Å². The van der Waals surface area contributed by atoms with Crippen molar-refractivity contribution in [2.24, 2.45) is 0 Å². The zero-order valence-corrected chi connectivity index (χ0v) is 12.6. The molecule has 1 saturated carbocycles. The highest BCUT2D eigenvalue weighted by Gasteiger charge is 2.26. The Balaban J connectivity index is 2.19. The molecule has 0 spiro atoms. The molecule has 1 N–H and O–H groups in total. The Morgan fingerprint density at radius 2 is 1.89 bits per heavy atom. The third-order valence-electron chi connectivity index (χ3n) is 3.59. The van der Waals surface area contributed by atoms with E-state index in [4.69, 9.17) is 0 Å². The van der Waals surface area contributed by atoms with E-state index < -0.39 is 12.6 Å². The van der Waals surface area contributed by atoms with Crippen LogP contribution in [0.5, 0.6) is 0 Å². The van der Waals surface area contributed by atoms with Crippen molar-refractivity contribution >= 4 is 11.8 Å². The lowest BCUT2D eigenvalue weighted by Crippen LogP contribution is -2.32. The molecule has 0 saturated heterocycles. The molecule has 0 amide bonds. The monoisotopic (exact) mass is 297 g/mol. The molecule has 0 aliphatic heterocycles. The Kier molecular flexibility index (Phi) is 8.23. The van der Waals surface area contributed by atoms with Gasteiger partial charge in [0.15, 0.2) is 0 Å². The molecule has 0 radical (unpaired) electrons. The molecule has 5 heteroatoms. The maximum absolute atomic E-state index is 12.1. The molecular formula is C14H26F3NS. The van der Waals surface area contributed by atoms with Crippen LogP contribution in [-0.2, 0) is 0 Å². The zero-order valence-electron chi connectivity index (χ0n) is 11.8. The standard InChI is InChI=1S/C14H26F3NS/c1-2-18-12(7-6-10-14(15,16)17)11-19-13-8-4-3-5-9-13/h12-13,18H,2-11H2,1H3. The van der Waals surface area contributed by atoms with Crippen molar-refractivity contribution in [3.63, 3.8) is 0 Å². The van der Waals surface area contributed by atoms with Crippen LogP contribution in [0.4, 0.5) is 13.2 Å². The molecule has 0 aromatic heterocycles. The zero-order chi connectivity index (χ0) is 14.1. The summed E-state index contributed by atoms with van der Waals surface area (Å²) in [5, 5.41) is 4.05. The van der Waals surface area contributed by atoms with E-state index in [-0.39, 0.29) is 12.5 Å². The Morgan fingerprint density at radius 3 is 2.47 bits per heavy atom. The predicted octanol–water partition coefficient (Wildman–Crippen LogP) is 4.76. The van der Waals surface area contributed by atoms with Gasteiger partial charge in [0.1, 0.15) is 0 Å². The average molecular weight is 297 g/mol. The summed E-state index contributed by atoms with van der Waals surface area (Å²) < 4.78 is 36.4. The van der Waals surface area contributed by atoms with Gasteiger partial charge in [0.05, 0.1) is 0 Å². The number of halogens is 3. The molecule has 1 unspecified atom stereocenters. The van der Waals surface area contributed by atoms with Crippen LogP contribution in [0.3, 0.4) is 0 Å². The highest BCUT2D eigenvalue weighted by Crippen LogP contribution is 2.29. The number of alkyl halides is 3. The summed E-state index contributed by atoms with van der Waals surface area (Å²) >= 11 is 1.96. The maximum atomic E-state index is 12.1. The van der Waals surface area contributed by atoms with Crippen molar-refractivity contribution in [1.82, 2.24) is 5.32 Å². The van der Waals surface area contributed by atoms with Gasteiger partial charge in [-0.15, -0.1) is 0 Å². The molecule has 19 heavy (non-hydrogen) atoms. The molecule has 0 bridgehead atoms. The van der Waals surface area contributed by atoms with E-state index in [1.807, 2.05) is 18.7 Å². The van der Waals surface area contributed by atoms with Gasteiger partial charge in [-0.2, -0.15) is 24.9 Å². The van der Waals surface area contributed by atoms with E-state index in [1.165, 1.54) is 32.1 Å². The fraction of sp³-hybridized carbons (Fsp3) is 1.00. The second-order valence-corrected chi connectivity index (χ2v) is 6.69. The lowest BCUT2D eigenvalue weighted by molar-refractivity contribution is -0.135. The largest absolute Gasteiger partial charge is 0.389 e. The van der Waals surface area contributed by atoms with Crippen molar-refractivity contribution in [2.45, 2.75) is 75.8 Å². The lowest BCUT2D eigenvalue weighted by Gasteiger charge is -2.24. The van der Waals surface area contributed by atoms with E-state index in [9.17, 15) is 13.2 Å². The summed E-state index contributed by atoms with van der Waals surface area (Å²) in [6.07, 6.45) is 2.77. The van der Waals surface area contributed by atoms with Crippen LogP contribution in [-0.4, -0.2) is 29.8 Å². The van der Waals surface area contributed by atoms with Gasteiger partial charge < -0.3 is 5.32 Å². The van der Waals surface area contributed by atoms with E-state index in [2.05, 4.69) is 5.32 Å². The minimum absolute atomic E-state index is 0.235. The SMILES string of the molecule is CCNC(CCCC(F)(F)F)CSC1CCCCC1. The number of nitrogens with one attached hydrogen (secondary N) is 1. The molecule has 1 aliphatic rings. The van der Waals surface area contributed by atoms with Crippen LogP contribution in [0.25, 0.3) is 0 Å². The molecular weight excluding hydrogens is 271 g/mol. The Labute approximate surface area is 119 Å². The van der Waals surface area contributed by atoms with E-state index in [0.29, 0.717) is 6.42 Å². The first-order chi connectivity index (χ1) is 9.01. The van der Waals surface area contributed by atoms with Gasteiger partial charge in [-0.05, 0) is 32.2 Å². The minimum atomic E-state index is -4.01. The highest BCUT2D eigenvalue weighted by atomic mass is 32.2. The first-order valence-electron chi connectivity index (χ1n) is 7.43. The lowest BCUT2D eigenvalue weighted by atomic mass is 10.0. The van der Waals surface area contributed by atoms with Crippen LogP contribution in [0.1, 0.15) is 58.3 Å². The van der Waals surface area contributed by atoms with Crippen molar-refractivity contribution in [1.29, 1.82) is 0 Å². The van der Waals surface area contributed by atoms with Gasteiger partial charge in [0.25, 0.3) is 0 Å². The van der Waals surface area contributed by atoms with E-state index >= 15 is 0 Å². The highest BCUT2D eigenvalue weighted by molar-refractivity contribution is 7.99. The maximum Gasteiger partial charge on any atom is 0.389 e. The summed E-state index contributed by atoms with van der Waals surface area (Å²) in [4.78, 5) is 0. The Morgan fingerprint density at radius 1 is 1.21 bits per heavy atom. The quantitative estimate of drug-likeness (QED) is 0.693. The number of hydrogen-bond acceptors (Lipinski definition) is 2. The van der Waals surface area contributed by atoms with Gasteiger partial charge >= 0.3 is 6.18 Å². The average Bonchev–Trinajstić information content (AvgIpc) is 2.36. The third kappa shape index (κ3) is 8.79. The van der Waals surface area contributed by atoms with Crippen molar-refractivity contribution in [2.75, 3.05) is 12.3 Å². The topological polar surface area (TPSA) is 12.0 Å². The molecule has 1 atom stereocenters. The third-order valence-corrected chi connectivity index (χ3v) is 5.13. The van der Waals surface area contributed by atoms with Gasteiger partial charge in [-0.3, -0.25) is 0 Å². The minimum Gasteiger partial charge on any atom is -0.313 e. The van der Waals surface area contributed by atoms with Crippen molar-refractivity contribution in [3.05, 3.63) is 0 Å². The molecule has 114 valence electrons.